The Morgan fingerprint density at radius 1 is 1.29 bits per heavy atom. The number of nitrogens with zero attached hydrogens (tertiary/aromatic N) is 1. The highest BCUT2D eigenvalue weighted by atomic mass is 16.4. The molecule has 1 amide bonds. The standard InChI is InChI=1S/C16H30N2O3/c1-4-6-16(15(20)21)7-10-18(11-8-16)12-14(19)17-9-5-13(2)3/h13H,4-12H2,1-3H3,(H,17,19)(H,20,21). The average molecular weight is 298 g/mol. The smallest absolute Gasteiger partial charge is 0.309 e. The first kappa shape index (κ1) is 18.0. The summed E-state index contributed by atoms with van der Waals surface area (Å²) in [6.07, 6.45) is 3.91. The Labute approximate surface area is 128 Å². The van der Waals surface area contributed by atoms with Gasteiger partial charge in [0.1, 0.15) is 0 Å². The number of carboxylic acid groups (broad SMARTS) is 1. The molecule has 0 aliphatic carbocycles. The lowest BCUT2D eigenvalue weighted by Crippen LogP contribution is -2.47. The minimum absolute atomic E-state index is 0.0500. The van der Waals surface area contributed by atoms with E-state index in [2.05, 4.69) is 24.1 Å². The third-order valence-corrected chi connectivity index (χ3v) is 4.41. The number of carboxylic acids is 1. The van der Waals surface area contributed by atoms with Crippen LogP contribution in [0.3, 0.4) is 0 Å². The highest BCUT2D eigenvalue weighted by molar-refractivity contribution is 5.78. The zero-order chi connectivity index (χ0) is 15.9. The van der Waals surface area contributed by atoms with Crippen molar-refractivity contribution in [2.45, 2.75) is 52.9 Å². The lowest BCUT2D eigenvalue weighted by Gasteiger charge is -2.38. The van der Waals surface area contributed by atoms with E-state index in [0.29, 0.717) is 38.4 Å². The number of hydrogen-bond acceptors (Lipinski definition) is 3. The second-order valence-corrected chi connectivity index (χ2v) is 6.64. The van der Waals surface area contributed by atoms with E-state index in [1.807, 2.05) is 6.92 Å². The fourth-order valence-corrected chi connectivity index (χ4v) is 2.95. The van der Waals surface area contributed by atoms with Gasteiger partial charge in [-0.25, -0.2) is 0 Å². The molecule has 5 nitrogen and oxygen atoms in total. The molecule has 122 valence electrons. The van der Waals surface area contributed by atoms with Crippen molar-refractivity contribution >= 4 is 11.9 Å². The van der Waals surface area contributed by atoms with Gasteiger partial charge in [-0.15, -0.1) is 0 Å². The van der Waals surface area contributed by atoms with Gasteiger partial charge >= 0.3 is 5.97 Å². The summed E-state index contributed by atoms with van der Waals surface area (Å²) >= 11 is 0. The number of aliphatic carboxylic acids is 1. The molecule has 21 heavy (non-hydrogen) atoms. The third-order valence-electron chi connectivity index (χ3n) is 4.41. The maximum Gasteiger partial charge on any atom is 0.309 e. The highest BCUT2D eigenvalue weighted by Gasteiger charge is 2.40. The molecule has 1 saturated heterocycles. The van der Waals surface area contributed by atoms with Crippen LogP contribution in [0.25, 0.3) is 0 Å². The van der Waals surface area contributed by atoms with Crippen molar-refractivity contribution in [2.24, 2.45) is 11.3 Å². The first-order valence-corrected chi connectivity index (χ1v) is 8.12. The second-order valence-electron chi connectivity index (χ2n) is 6.64. The molecule has 0 unspecified atom stereocenters. The summed E-state index contributed by atoms with van der Waals surface area (Å²) in [7, 11) is 0. The third kappa shape index (κ3) is 5.65. The lowest BCUT2D eigenvalue weighted by molar-refractivity contribution is -0.152. The van der Waals surface area contributed by atoms with E-state index in [1.54, 1.807) is 0 Å². The molecule has 1 aliphatic heterocycles. The first-order valence-electron chi connectivity index (χ1n) is 8.12. The van der Waals surface area contributed by atoms with Gasteiger partial charge in [0, 0.05) is 6.54 Å². The molecule has 0 aromatic heterocycles. The number of carbonyl (C=O) groups excluding carboxylic acids is 1. The number of hydrogen-bond donors (Lipinski definition) is 2. The van der Waals surface area contributed by atoms with Crippen LogP contribution < -0.4 is 5.32 Å². The monoisotopic (exact) mass is 298 g/mol. The van der Waals surface area contributed by atoms with Crippen LogP contribution in [0.15, 0.2) is 0 Å². The second kappa shape index (κ2) is 8.37. The van der Waals surface area contributed by atoms with E-state index in [9.17, 15) is 14.7 Å². The lowest BCUT2D eigenvalue weighted by atomic mass is 9.75. The van der Waals surface area contributed by atoms with E-state index in [1.165, 1.54) is 0 Å². The molecule has 1 heterocycles. The van der Waals surface area contributed by atoms with Crippen LogP contribution in [-0.4, -0.2) is 48.1 Å². The maximum absolute atomic E-state index is 11.8. The largest absolute Gasteiger partial charge is 0.481 e. The summed E-state index contributed by atoms with van der Waals surface area (Å²) in [5.41, 5.74) is -0.570. The van der Waals surface area contributed by atoms with Crippen molar-refractivity contribution in [3.63, 3.8) is 0 Å². The van der Waals surface area contributed by atoms with Crippen molar-refractivity contribution in [2.75, 3.05) is 26.2 Å². The Morgan fingerprint density at radius 2 is 1.90 bits per heavy atom. The number of carbonyl (C=O) groups is 2. The van der Waals surface area contributed by atoms with Gasteiger partial charge in [-0.3, -0.25) is 14.5 Å². The fraction of sp³-hybridized carbons (Fsp3) is 0.875. The summed E-state index contributed by atoms with van der Waals surface area (Å²) in [6.45, 7) is 8.80. The van der Waals surface area contributed by atoms with Crippen LogP contribution in [0.4, 0.5) is 0 Å². The maximum atomic E-state index is 11.8. The molecule has 0 bridgehead atoms. The van der Waals surface area contributed by atoms with E-state index in [0.717, 1.165) is 25.8 Å². The van der Waals surface area contributed by atoms with Crippen LogP contribution in [0.2, 0.25) is 0 Å². The van der Waals surface area contributed by atoms with Gasteiger partial charge in [-0.2, -0.15) is 0 Å². The number of piperidine rings is 1. The van der Waals surface area contributed by atoms with E-state index in [-0.39, 0.29) is 5.91 Å². The first-order chi connectivity index (χ1) is 9.89. The molecule has 0 aromatic rings. The van der Waals surface area contributed by atoms with E-state index < -0.39 is 11.4 Å². The minimum Gasteiger partial charge on any atom is -0.481 e. The SMILES string of the molecule is CCCC1(C(=O)O)CCN(CC(=O)NCCC(C)C)CC1. The summed E-state index contributed by atoms with van der Waals surface area (Å²) in [5.74, 6) is -0.0372. The van der Waals surface area contributed by atoms with Crippen molar-refractivity contribution in [3.05, 3.63) is 0 Å². The Hall–Kier alpha value is -1.10. The van der Waals surface area contributed by atoms with Gasteiger partial charge < -0.3 is 10.4 Å². The highest BCUT2D eigenvalue weighted by Crippen LogP contribution is 2.36. The molecular formula is C16H30N2O3. The van der Waals surface area contributed by atoms with Crippen LogP contribution in [0.5, 0.6) is 0 Å². The van der Waals surface area contributed by atoms with Gasteiger partial charge in [0.15, 0.2) is 0 Å². The van der Waals surface area contributed by atoms with Crippen molar-refractivity contribution in [1.29, 1.82) is 0 Å². The molecule has 0 atom stereocenters. The zero-order valence-corrected chi connectivity index (χ0v) is 13.7. The molecular weight excluding hydrogens is 268 g/mol. The Kier molecular flexibility index (Phi) is 7.15. The summed E-state index contributed by atoms with van der Waals surface area (Å²) < 4.78 is 0. The van der Waals surface area contributed by atoms with Crippen molar-refractivity contribution < 1.29 is 14.7 Å². The van der Waals surface area contributed by atoms with Crippen molar-refractivity contribution in [1.82, 2.24) is 10.2 Å². The normalized spacial score (nSPS) is 18.7. The molecule has 2 N–H and O–H groups in total. The minimum atomic E-state index is -0.676. The van der Waals surface area contributed by atoms with Crippen molar-refractivity contribution in [3.8, 4) is 0 Å². The number of rotatable bonds is 8. The van der Waals surface area contributed by atoms with Crippen LogP contribution in [0, 0.1) is 11.3 Å². The summed E-state index contributed by atoms with van der Waals surface area (Å²) in [5, 5.41) is 12.4. The van der Waals surface area contributed by atoms with Crippen LogP contribution in [0.1, 0.15) is 52.9 Å². The molecule has 1 aliphatic rings. The molecule has 1 fully saturated rings. The number of amides is 1. The van der Waals surface area contributed by atoms with E-state index in [4.69, 9.17) is 0 Å². The quantitative estimate of drug-likeness (QED) is 0.720. The van der Waals surface area contributed by atoms with Crippen LogP contribution in [-0.2, 0) is 9.59 Å². The van der Waals surface area contributed by atoms with Gasteiger partial charge in [-0.05, 0) is 44.7 Å². The van der Waals surface area contributed by atoms with Gasteiger partial charge in [0.2, 0.25) is 5.91 Å². The van der Waals surface area contributed by atoms with Crippen LogP contribution >= 0.6 is 0 Å². The number of likely N-dealkylation sites (tertiary alicyclic amines) is 1. The van der Waals surface area contributed by atoms with Gasteiger partial charge in [0.25, 0.3) is 0 Å². The Balaban J connectivity index is 2.35. The van der Waals surface area contributed by atoms with Gasteiger partial charge in [0.05, 0.1) is 12.0 Å². The summed E-state index contributed by atoms with van der Waals surface area (Å²) in [4.78, 5) is 25.4. The molecule has 0 aromatic carbocycles. The molecule has 0 saturated carbocycles. The number of nitrogens with one attached hydrogen (secondary N) is 1. The van der Waals surface area contributed by atoms with Gasteiger partial charge in [-0.1, -0.05) is 27.2 Å². The van der Waals surface area contributed by atoms with E-state index >= 15 is 0 Å². The Bertz CT molecular complexity index is 347. The topological polar surface area (TPSA) is 69.6 Å². The predicted octanol–water partition coefficient (Wildman–Crippen LogP) is 2.12. The molecule has 0 radical (unpaired) electrons. The summed E-state index contributed by atoms with van der Waals surface area (Å²) in [6, 6.07) is 0. The zero-order valence-electron chi connectivity index (χ0n) is 13.7. The molecule has 1 rings (SSSR count). The molecule has 0 spiro atoms. The predicted molar refractivity (Wildman–Crippen MR) is 83.1 cm³/mol. The Morgan fingerprint density at radius 3 is 2.38 bits per heavy atom. The molecule has 5 heteroatoms. The fourth-order valence-electron chi connectivity index (χ4n) is 2.95. The average Bonchev–Trinajstić information content (AvgIpc) is 2.40.